The average molecular weight is 401 g/mol. The summed E-state index contributed by atoms with van der Waals surface area (Å²) in [6, 6.07) is 4.06. The van der Waals surface area contributed by atoms with Crippen LogP contribution in [0, 0.1) is 0 Å². The summed E-state index contributed by atoms with van der Waals surface area (Å²) in [5.74, 6) is 0. The topological polar surface area (TPSA) is 47.6 Å². The number of fused-ring (bicyclic) bond motifs is 4. The van der Waals surface area contributed by atoms with Gasteiger partial charge < -0.3 is 5.32 Å². The Bertz CT molecular complexity index is 734. The fourth-order valence-corrected chi connectivity index (χ4v) is 6.55. The van der Waals surface area contributed by atoms with Crippen LogP contribution in [0.2, 0.25) is 0 Å². The molecule has 2 saturated heterocycles. The molecule has 1 aromatic rings. The predicted molar refractivity (Wildman–Crippen MR) is 116 cm³/mol. The molecule has 2 N–H and O–H groups in total. The zero-order valence-corrected chi connectivity index (χ0v) is 17.9. The van der Waals surface area contributed by atoms with E-state index in [1.54, 1.807) is 0 Å². The number of piperazine rings is 1. The molecule has 4 aliphatic rings. The molecule has 2 atom stereocenters. The summed E-state index contributed by atoms with van der Waals surface area (Å²) in [4.78, 5) is 15.4. The molecule has 2 aliphatic carbocycles. The molecule has 0 radical (unpaired) electrons. The number of rotatable bonds is 4. The molecule has 1 aromatic carbocycles. The fourth-order valence-electron chi connectivity index (χ4n) is 5.67. The van der Waals surface area contributed by atoms with Crippen molar-refractivity contribution in [2.24, 2.45) is 0 Å². The van der Waals surface area contributed by atoms with Gasteiger partial charge >= 0.3 is 6.03 Å². The van der Waals surface area contributed by atoms with Crippen molar-refractivity contribution in [1.82, 2.24) is 13.9 Å². The Morgan fingerprint density at radius 2 is 1.64 bits per heavy atom. The van der Waals surface area contributed by atoms with Gasteiger partial charge in [-0.1, -0.05) is 6.07 Å². The van der Waals surface area contributed by atoms with Crippen molar-refractivity contribution in [3.63, 3.8) is 0 Å². The molecule has 2 fully saturated rings. The molecule has 5 rings (SSSR count). The second-order valence-electron chi connectivity index (χ2n) is 9.17. The van der Waals surface area contributed by atoms with E-state index in [9.17, 15) is 4.79 Å². The standard InChI is InChI=1S/C22H32N4OS/c1-14(2)25-12-17-9-10-18(13-25)26(17)28-24-22(27)23-21-19-7-3-5-15(19)11-16-6-4-8-20(16)21/h11,14,17-18H,3-10,12-13H2,1-2H3,(H2,23,24,27). The van der Waals surface area contributed by atoms with Gasteiger partial charge in [-0.2, -0.15) is 0 Å². The number of carbonyl (C=O) groups is 1. The number of hydrogen-bond donors (Lipinski definition) is 2. The minimum absolute atomic E-state index is 0.0647. The van der Waals surface area contributed by atoms with Gasteiger partial charge in [0.2, 0.25) is 0 Å². The first-order valence-electron chi connectivity index (χ1n) is 11.0. The second kappa shape index (κ2) is 7.54. The second-order valence-corrected chi connectivity index (χ2v) is 9.98. The van der Waals surface area contributed by atoms with E-state index in [0.29, 0.717) is 18.1 Å². The summed E-state index contributed by atoms with van der Waals surface area (Å²) < 4.78 is 5.54. The molecule has 2 unspecified atom stereocenters. The lowest BCUT2D eigenvalue weighted by atomic mass is 9.99. The van der Waals surface area contributed by atoms with Crippen LogP contribution in [0.15, 0.2) is 6.07 Å². The Morgan fingerprint density at radius 3 is 2.21 bits per heavy atom. The Morgan fingerprint density at radius 1 is 1.04 bits per heavy atom. The van der Waals surface area contributed by atoms with Crippen LogP contribution in [0.25, 0.3) is 0 Å². The van der Waals surface area contributed by atoms with Crippen molar-refractivity contribution in [2.75, 3.05) is 18.4 Å². The molecule has 2 aliphatic heterocycles. The number of nitrogens with zero attached hydrogens (tertiary/aromatic N) is 2. The van der Waals surface area contributed by atoms with Crippen molar-refractivity contribution < 1.29 is 4.79 Å². The van der Waals surface area contributed by atoms with Crippen LogP contribution in [-0.4, -0.2) is 46.5 Å². The maximum atomic E-state index is 12.8. The van der Waals surface area contributed by atoms with E-state index in [2.05, 4.69) is 39.2 Å². The monoisotopic (exact) mass is 400 g/mol. The highest BCUT2D eigenvalue weighted by atomic mass is 32.2. The number of benzene rings is 1. The molecule has 2 heterocycles. The maximum absolute atomic E-state index is 12.8. The molecule has 0 spiro atoms. The number of amides is 2. The van der Waals surface area contributed by atoms with E-state index < -0.39 is 0 Å². The minimum atomic E-state index is -0.0647. The number of urea groups is 1. The van der Waals surface area contributed by atoms with Gasteiger partial charge in [0.25, 0.3) is 0 Å². The van der Waals surface area contributed by atoms with Crippen LogP contribution in [0.1, 0.15) is 61.8 Å². The zero-order valence-electron chi connectivity index (χ0n) is 17.1. The predicted octanol–water partition coefficient (Wildman–Crippen LogP) is 3.91. The third-order valence-electron chi connectivity index (χ3n) is 7.13. The molecular formula is C22H32N4OS. The lowest BCUT2D eigenvalue weighted by Gasteiger charge is -2.41. The summed E-state index contributed by atoms with van der Waals surface area (Å²) in [5.41, 5.74) is 6.85. The third kappa shape index (κ3) is 3.33. The number of carbonyl (C=O) groups excluding carboxylic acids is 1. The minimum Gasteiger partial charge on any atom is -0.307 e. The smallest absolute Gasteiger partial charge is 0.307 e. The summed E-state index contributed by atoms with van der Waals surface area (Å²) in [5, 5.41) is 3.25. The van der Waals surface area contributed by atoms with Gasteiger partial charge in [-0.05, 0) is 87.5 Å². The van der Waals surface area contributed by atoms with Crippen LogP contribution in [0.4, 0.5) is 10.5 Å². The van der Waals surface area contributed by atoms with Crippen molar-refractivity contribution in [3.05, 3.63) is 28.3 Å². The Hall–Kier alpha value is -1.24. The van der Waals surface area contributed by atoms with Gasteiger partial charge in [0.05, 0.1) is 0 Å². The molecule has 152 valence electrons. The Balaban J connectivity index is 1.24. The fraction of sp³-hybridized carbons (Fsp3) is 0.682. The van der Waals surface area contributed by atoms with E-state index in [1.807, 2.05) is 0 Å². The van der Waals surface area contributed by atoms with E-state index in [-0.39, 0.29) is 6.03 Å². The number of nitrogens with one attached hydrogen (secondary N) is 2. The van der Waals surface area contributed by atoms with Gasteiger partial charge in [0, 0.05) is 49.0 Å². The van der Waals surface area contributed by atoms with E-state index in [4.69, 9.17) is 0 Å². The van der Waals surface area contributed by atoms with Crippen LogP contribution >= 0.6 is 12.1 Å². The van der Waals surface area contributed by atoms with Gasteiger partial charge in [-0.3, -0.25) is 9.62 Å². The van der Waals surface area contributed by atoms with Crippen LogP contribution in [0.5, 0.6) is 0 Å². The van der Waals surface area contributed by atoms with Gasteiger partial charge in [0.1, 0.15) is 0 Å². The molecule has 5 nitrogen and oxygen atoms in total. The Labute approximate surface area is 172 Å². The zero-order chi connectivity index (χ0) is 19.3. The molecular weight excluding hydrogens is 368 g/mol. The lowest BCUT2D eigenvalue weighted by Crippen LogP contribution is -2.53. The van der Waals surface area contributed by atoms with E-state index >= 15 is 0 Å². The molecule has 28 heavy (non-hydrogen) atoms. The molecule has 0 aromatic heterocycles. The van der Waals surface area contributed by atoms with Gasteiger partial charge in [0.15, 0.2) is 0 Å². The van der Waals surface area contributed by atoms with Crippen molar-refractivity contribution in [1.29, 1.82) is 0 Å². The summed E-state index contributed by atoms with van der Waals surface area (Å²) in [6.07, 6.45) is 9.45. The summed E-state index contributed by atoms with van der Waals surface area (Å²) in [7, 11) is 0. The summed E-state index contributed by atoms with van der Waals surface area (Å²) >= 11 is 1.53. The maximum Gasteiger partial charge on any atom is 0.330 e. The number of hydrogen-bond acceptors (Lipinski definition) is 4. The number of anilines is 1. The quantitative estimate of drug-likeness (QED) is 0.753. The van der Waals surface area contributed by atoms with E-state index in [0.717, 1.165) is 44.5 Å². The van der Waals surface area contributed by atoms with Crippen molar-refractivity contribution in [3.8, 4) is 0 Å². The first kappa shape index (κ1) is 18.8. The highest BCUT2D eigenvalue weighted by Crippen LogP contribution is 2.39. The Kier molecular flexibility index (Phi) is 5.06. The summed E-state index contributed by atoms with van der Waals surface area (Å²) in [6.45, 7) is 6.80. The van der Waals surface area contributed by atoms with Crippen LogP contribution in [0.3, 0.4) is 0 Å². The third-order valence-corrected chi connectivity index (χ3v) is 8.21. The highest BCUT2D eigenvalue weighted by Gasteiger charge is 2.41. The van der Waals surface area contributed by atoms with Crippen LogP contribution in [-0.2, 0) is 25.7 Å². The van der Waals surface area contributed by atoms with Crippen molar-refractivity contribution in [2.45, 2.75) is 83.3 Å². The normalized spacial score (nSPS) is 26.5. The largest absolute Gasteiger partial charge is 0.330 e. The number of likely N-dealkylation sites (tertiary alicyclic amines) is 1. The SMILES string of the molecule is CC(C)N1CC2CCC(C1)N2SNC(=O)Nc1c2c(cc3c1CCC3)CCC2. The first-order chi connectivity index (χ1) is 13.6. The highest BCUT2D eigenvalue weighted by molar-refractivity contribution is 7.95. The van der Waals surface area contributed by atoms with E-state index in [1.165, 1.54) is 60.1 Å². The average Bonchev–Trinajstić information content (AvgIpc) is 3.37. The lowest BCUT2D eigenvalue weighted by molar-refractivity contribution is 0.109. The molecule has 0 saturated carbocycles. The van der Waals surface area contributed by atoms with Crippen molar-refractivity contribution >= 4 is 23.9 Å². The first-order valence-corrected chi connectivity index (χ1v) is 11.8. The van der Waals surface area contributed by atoms with Crippen LogP contribution < -0.4 is 10.0 Å². The number of aryl methyl sites for hydroxylation is 2. The van der Waals surface area contributed by atoms with Gasteiger partial charge in [-0.15, -0.1) is 0 Å². The molecule has 2 amide bonds. The van der Waals surface area contributed by atoms with Gasteiger partial charge in [-0.25, -0.2) is 9.10 Å². The molecule has 6 heteroatoms. The molecule has 2 bridgehead atoms.